The molecule has 0 spiro atoms. The number of para-hydroxylation sites is 1. The van der Waals surface area contributed by atoms with Gasteiger partial charge in [-0.25, -0.2) is 0 Å². The molecule has 1 N–H and O–H groups in total. The molecular formula is C19H22N2O5S. The number of phenolic OH excluding ortho intramolecular Hbond substituents is 1. The molecule has 2 aliphatic heterocycles. The predicted octanol–water partition coefficient (Wildman–Crippen LogP) is 2.84. The van der Waals surface area contributed by atoms with Crippen LogP contribution in [0.5, 0.6) is 11.5 Å². The minimum atomic E-state index is -0.518. The maximum atomic E-state index is 12.6. The number of carbonyl (C=O) groups is 3. The Kier molecular flexibility index (Phi) is 6.05. The quantitative estimate of drug-likeness (QED) is 0.796. The Morgan fingerprint density at radius 2 is 1.93 bits per heavy atom. The average molecular weight is 390 g/mol. The number of hydrogen-bond acceptors (Lipinski definition) is 6. The zero-order valence-electron chi connectivity index (χ0n) is 15.1. The Balaban J connectivity index is 1.74. The molecule has 27 heavy (non-hydrogen) atoms. The first-order valence-corrected chi connectivity index (χ1v) is 9.72. The molecule has 2 heterocycles. The highest BCUT2D eigenvalue weighted by molar-refractivity contribution is 8.18. The van der Waals surface area contributed by atoms with E-state index in [0.717, 1.165) is 42.3 Å². The molecule has 1 aromatic rings. The molecule has 8 heteroatoms. The van der Waals surface area contributed by atoms with Gasteiger partial charge in [0.15, 0.2) is 11.5 Å². The standard InChI is InChI=1S/C19H22N2O5S/c1-26-14-8-6-7-13(17(14)23)11-15-18(24)21(19(25)27-15)12-16(22)20-9-4-2-3-5-10-20/h6-8,11,23H,2-5,9-10,12H2,1H3/b15-11+. The number of likely N-dealkylation sites (tertiary alicyclic amines) is 1. The number of nitrogens with zero attached hydrogens (tertiary/aromatic N) is 2. The molecule has 0 bridgehead atoms. The SMILES string of the molecule is COc1cccc(/C=C2/SC(=O)N(CC(=O)N3CCCCCC3)C2=O)c1O. The van der Waals surface area contributed by atoms with Crippen LogP contribution in [0.4, 0.5) is 4.79 Å². The van der Waals surface area contributed by atoms with E-state index < -0.39 is 11.1 Å². The molecule has 2 fully saturated rings. The summed E-state index contributed by atoms with van der Waals surface area (Å²) in [6, 6.07) is 4.89. The maximum absolute atomic E-state index is 12.6. The highest BCUT2D eigenvalue weighted by Gasteiger charge is 2.37. The van der Waals surface area contributed by atoms with Crippen LogP contribution in [0.15, 0.2) is 23.1 Å². The number of hydrogen-bond donors (Lipinski definition) is 1. The fraction of sp³-hybridized carbons (Fsp3) is 0.421. The van der Waals surface area contributed by atoms with Crippen molar-refractivity contribution in [1.82, 2.24) is 9.80 Å². The summed E-state index contributed by atoms with van der Waals surface area (Å²) in [5, 5.41) is 9.68. The first-order valence-electron chi connectivity index (χ1n) is 8.90. The lowest BCUT2D eigenvalue weighted by Gasteiger charge is -2.22. The first-order chi connectivity index (χ1) is 13.0. The van der Waals surface area contributed by atoms with Gasteiger partial charge >= 0.3 is 0 Å². The maximum Gasteiger partial charge on any atom is 0.294 e. The van der Waals surface area contributed by atoms with E-state index in [0.29, 0.717) is 18.7 Å². The molecule has 0 unspecified atom stereocenters. The third-order valence-corrected chi connectivity index (χ3v) is 5.57. The lowest BCUT2D eigenvalue weighted by atomic mass is 10.1. The van der Waals surface area contributed by atoms with Crippen molar-refractivity contribution < 1.29 is 24.2 Å². The van der Waals surface area contributed by atoms with Crippen LogP contribution in [0, 0.1) is 0 Å². The average Bonchev–Trinajstić information content (AvgIpc) is 2.87. The van der Waals surface area contributed by atoms with Gasteiger partial charge < -0.3 is 14.7 Å². The number of amides is 3. The largest absolute Gasteiger partial charge is 0.504 e. The Hall–Kier alpha value is -2.48. The van der Waals surface area contributed by atoms with Crippen LogP contribution in [0.2, 0.25) is 0 Å². The molecule has 3 rings (SSSR count). The molecule has 0 atom stereocenters. The third kappa shape index (κ3) is 4.27. The highest BCUT2D eigenvalue weighted by Crippen LogP contribution is 2.36. The molecule has 0 saturated carbocycles. The first kappa shape index (κ1) is 19.3. The number of phenols is 1. The van der Waals surface area contributed by atoms with Gasteiger partial charge in [0, 0.05) is 18.7 Å². The summed E-state index contributed by atoms with van der Waals surface area (Å²) in [6.07, 6.45) is 5.53. The number of imide groups is 1. The molecule has 0 aliphatic carbocycles. The Labute approximate surface area is 162 Å². The Morgan fingerprint density at radius 1 is 1.22 bits per heavy atom. The second-order valence-corrected chi connectivity index (χ2v) is 7.45. The lowest BCUT2D eigenvalue weighted by Crippen LogP contribution is -2.42. The van der Waals surface area contributed by atoms with E-state index in [1.807, 2.05) is 0 Å². The number of rotatable bonds is 4. The molecule has 2 saturated heterocycles. The molecule has 2 aliphatic rings. The second kappa shape index (κ2) is 8.47. The molecule has 3 amide bonds. The molecule has 144 valence electrons. The van der Waals surface area contributed by atoms with Crippen molar-refractivity contribution in [2.24, 2.45) is 0 Å². The fourth-order valence-electron chi connectivity index (χ4n) is 3.15. The highest BCUT2D eigenvalue weighted by atomic mass is 32.2. The van der Waals surface area contributed by atoms with Gasteiger partial charge in [-0.3, -0.25) is 19.3 Å². The second-order valence-electron chi connectivity index (χ2n) is 6.46. The van der Waals surface area contributed by atoms with E-state index in [-0.39, 0.29) is 28.9 Å². The van der Waals surface area contributed by atoms with Crippen LogP contribution in [0.1, 0.15) is 31.2 Å². The van der Waals surface area contributed by atoms with E-state index in [1.54, 1.807) is 23.1 Å². The van der Waals surface area contributed by atoms with Crippen LogP contribution in [-0.2, 0) is 9.59 Å². The van der Waals surface area contributed by atoms with E-state index >= 15 is 0 Å². The van der Waals surface area contributed by atoms with Crippen molar-refractivity contribution in [3.8, 4) is 11.5 Å². The summed E-state index contributed by atoms with van der Waals surface area (Å²) < 4.78 is 5.05. The zero-order valence-corrected chi connectivity index (χ0v) is 16.0. The molecule has 1 aromatic carbocycles. The van der Waals surface area contributed by atoms with Gasteiger partial charge in [0.1, 0.15) is 6.54 Å². The fourth-order valence-corrected chi connectivity index (χ4v) is 3.98. The van der Waals surface area contributed by atoms with Crippen LogP contribution in [-0.4, -0.2) is 58.7 Å². The van der Waals surface area contributed by atoms with Crippen molar-refractivity contribution in [2.45, 2.75) is 25.7 Å². The lowest BCUT2D eigenvalue weighted by molar-refractivity contribution is -0.135. The number of benzene rings is 1. The molecule has 7 nitrogen and oxygen atoms in total. The monoisotopic (exact) mass is 390 g/mol. The minimum absolute atomic E-state index is 0.104. The summed E-state index contributed by atoms with van der Waals surface area (Å²) in [7, 11) is 1.43. The van der Waals surface area contributed by atoms with E-state index in [1.165, 1.54) is 13.2 Å². The number of aromatic hydroxyl groups is 1. The summed E-state index contributed by atoms with van der Waals surface area (Å²) in [6.45, 7) is 1.09. The van der Waals surface area contributed by atoms with Gasteiger partial charge in [0.2, 0.25) is 5.91 Å². The number of thioether (sulfide) groups is 1. The van der Waals surface area contributed by atoms with Crippen LogP contribution in [0.3, 0.4) is 0 Å². The molecule has 0 aromatic heterocycles. The van der Waals surface area contributed by atoms with Crippen molar-refractivity contribution in [3.63, 3.8) is 0 Å². The van der Waals surface area contributed by atoms with Crippen molar-refractivity contribution in [3.05, 3.63) is 28.7 Å². The summed E-state index contributed by atoms with van der Waals surface area (Å²) in [5.74, 6) is -0.549. The Bertz CT molecular complexity index is 784. The van der Waals surface area contributed by atoms with Gasteiger partial charge in [-0.1, -0.05) is 25.0 Å². The number of carbonyl (C=O) groups excluding carboxylic acids is 3. The summed E-state index contributed by atoms with van der Waals surface area (Å²) in [4.78, 5) is 40.2. The predicted molar refractivity (Wildman–Crippen MR) is 102 cm³/mol. The van der Waals surface area contributed by atoms with Crippen molar-refractivity contribution in [1.29, 1.82) is 0 Å². The normalized spacial score (nSPS) is 19.5. The van der Waals surface area contributed by atoms with Crippen molar-refractivity contribution in [2.75, 3.05) is 26.7 Å². The van der Waals surface area contributed by atoms with Gasteiger partial charge in [0.25, 0.3) is 11.1 Å². The van der Waals surface area contributed by atoms with Gasteiger partial charge in [-0.05, 0) is 36.7 Å². The summed E-state index contributed by atoms with van der Waals surface area (Å²) >= 11 is 0.767. The topological polar surface area (TPSA) is 87.2 Å². The number of methoxy groups -OCH3 is 1. The smallest absolute Gasteiger partial charge is 0.294 e. The zero-order chi connectivity index (χ0) is 19.4. The number of ether oxygens (including phenoxy) is 1. The van der Waals surface area contributed by atoms with Crippen LogP contribution >= 0.6 is 11.8 Å². The third-order valence-electron chi connectivity index (χ3n) is 4.66. The van der Waals surface area contributed by atoms with E-state index in [4.69, 9.17) is 4.74 Å². The van der Waals surface area contributed by atoms with E-state index in [9.17, 15) is 19.5 Å². The van der Waals surface area contributed by atoms with Crippen molar-refractivity contribution >= 4 is 34.9 Å². The molecule has 0 radical (unpaired) electrons. The molecular weight excluding hydrogens is 368 g/mol. The van der Waals surface area contributed by atoms with Crippen LogP contribution in [0.25, 0.3) is 6.08 Å². The summed E-state index contributed by atoms with van der Waals surface area (Å²) in [5.41, 5.74) is 0.374. The van der Waals surface area contributed by atoms with Crippen LogP contribution < -0.4 is 4.74 Å². The van der Waals surface area contributed by atoms with Gasteiger partial charge in [-0.15, -0.1) is 0 Å². The van der Waals surface area contributed by atoms with Gasteiger partial charge in [-0.2, -0.15) is 0 Å². The van der Waals surface area contributed by atoms with E-state index in [2.05, 4.69) is 0 Å². The minimum Gasteiger partial charge on any atom is -0.504 e. The Morgan fingerprint density at radius 3 is 2.59 bits per heavy atom. The van der Waals surface area contributed by atoms with Gasteiger partial charge in [0.05, 0.1) is 12.0 Å².